The average molecular weight is 526 g/mol. The lowest BCUT2D eigenvalue weighted by molar-refractivity contribution is -0.385. The summed E-state index contributed by atoms with van der Waals surface area (Å²) >= 11 is 0. The Balaban J connectivity index is 1.52. The van der Waals surface area contributed by atoms with Gasteiger partial charge in [0.1, 0.15) is 25.0 Å². The fourth-order valence-corrected chi connectivity index (χ4v) is 4.35. The predicted molar refractivity (Wildman–Crippen MR) is 122 cm³/mol. The van der Waals surface area contributed by atoms with Gasteiger partial charge in [-0.15, -0.1) is 0 Å². The molecule has 196 valence electrons. The SMILES string of the molecule is C[C@H](O)[C@H](C(=O)OCc1ccc([N+](=O)[O-])cc1)N1C(=O)[C@@H](N2C(=O)c3ccc([N+](=O)[O-])cc3C2=O)[C@H]1C=O. The molecule has 0 spiro atoms. The topological polar surface area (TPSA) is 208 Å². The quantitative estimate of drug-likeness (QED) is 0.118. The summed E-state index contributed by atoms with van der Waals surface area (Å²) in [7, 11) is 0. The Hall–Kier alpha value is -5.05. The molecule has 1 saturated heterocycles. The van der Waals surface area contributed by atoms with Gasteiger partial charge in [0.15, 0.2) is 6.04 Å². The second-order valence-corrected chi connectivity index (χ2v) is 8.50. The number of carbonyl (C=O) groups excluding carboxylic acids is 5. The molecule has 0 radical (unpaired) electrons. The van der Waals surface area contributed by atoms with E-state index >= 15 is 0 Å². The van der Waals surface area contributed by atoms with E-state index in [9.17, 15) is 49.3 Å². The highest BCUT2D eigenvalue weighted by Gasteiger charge is 2.60. The van der Waals surface area contributed by atoms with Gasteiger partial charge in [0, 0.05) is 24.3 Å². The lowest BCUT2D eigenvalue weighted by Gasteiger charge is -2.50. The van der Waals surface area contributed by atoms with Gasteiger partial charge in [-0.05, 0) is 30.7 Å². The number of benzene rings is 2. The number of imide groups is 1. The summed E-state index contributed by atoms with van der Waals surface area (Å²) in [5.74, 6) is -4.06. The number of fused-ring (bicyclic) bond motifs is 1. The van der Waals surface area contributed by atoms with E-state index in [2.05, 4.69) is 0 Å². The highest BCUT2D eigenvalue weighted by atomic mass is 16.6. The molecule has 4 atom stereocenters. The van der Waals surface area contributed by atoms with Crippen molar-refractivity contribution in [3.05, 3.63) is 79.4 Å². The number of aldehydes is 1. The molecular formula is C23H18N4O11. The number of β-lactam (4-membered cyclic amide) rings is 1. The van der Waals surface area contributed by atoms with Crippen molar-refractivity contribution in [1.82, 2.24) is 9.80 Å². The van der Waals surface area contributed by atoms with Crippen molar-refractivity contribution in [3.8, 4) is 0 Å². The first-order valence-electron chi connectivity index (χ1n) is 11.0. The zero-order valence-corrected chi connectivity index (χ0v) is 19.5. The van der Waals surface area contributed by atoms with Crippen LogP contribution in [0.15, 0.2) is 42.5 Å². The van der Waals surface area contributed by atoms with Gasteiger partial charge in [-0.3, -0.25) is 39.5 Å². The summed E-state index contributed by atoms with van der Waals surface area (Å²) < 4.78 is 5.15. The molecule has 2 aliphatic heterocycles. The van der Waals surface area contributed by atoms with E-state index in [1.54, 1.807) is 0 Å². The number of carbonyl (C=O) groups is 5. The van der Waals surface area contributed by atoms with Gasteiger partial charge in [0.2, 0.25) is 5.91 Å². The highest BCUT2D eigenvalue weighted by Crippen LogP contribution is 2.35. The van der Waals surface area contributed by atoms with Crippen LogP contribution in [0.4, 0.5) is 11.4 Å². The number of non-ortho nitro benzene ring substituents is 2. The van der Waals surface area contributed by atoms with Crippen LogP contribution in [-0.2, 0) is 25.7 Å². The average Bonchev–Trinajstić information content (AvgIpc) is 3.12. The number of nitrogens with zero attached hydrogens (tertiary/aromatic N) is 4. The lowest BCUT2D eigenvalue weighted by atomic mass is 9.90. The van der Waals surface area contributed by atoms with Crippen LogP contribution in [0.3, 0.4) is 0 Å². The number of amides is 3. The van der Waals surface area contributed by atoms with E-state index in [1.165, 1.54) is 31.2 Å². The number of hydrogen-bond acceptors (Lipinski definition) is 11. The summed E-state index contributed by atoms with van der Waals surface area (Å²) in [6, 6.07) is 3.22. The lowest BCUT2D eigenvalue weighted by Crippen LogP contribution is -2.76. The van der Waals surface area contributed by atoms with Crippen LogP contribution in [0.1, 0.15) is 33.2 Å². The predicted octanol–water partition coefficient (Wildman–Crippen LogP) is 0.370. The molecule has 2 aromatic rings. The van der Waals surface area contributed by atoms with Crippen molar-refractivity contribution in [2.75, 3.05) is 0 Å². The summed E-state index contributed by atoms with van der Waals surface area (Å²) in [5.41, 5.74) is -0.769. The third-order valence-corrected chi connectivity index (χ3v) is 6.21. The number of likely N-dealkylation sites (tertiary alicyclic amines) is 1. The van der Waals surface area contributed by atoms with Crippen LogP contribution in [0.2, 0.25) is 0 Å². The van der Waals surface area contributed by atoms with Crippen molar-refractivity contribution >= 4 is 41.4 Å². The van der Waals surface area contributed by atoms with E-state index in [0.717, 1.165) is 18.2 Å². The molecule has 0 aliphatic carbocycles. The number of esters is 1. The number of ether oxygens (including phenoxy) is 1. The van der Waals surface area contributed by atoms with E-state index in [0.29, 0.717) is 15.4 Å². The van der Waals surface area contributed by atoms with E-state index in [1.807, 2.05) is 0 Å². The van der Waals surface area contributed by atoms with Crippen molar-refractivity contribution in [2.45, 2.75) is 37.8 Å². The van der Waals surface area contributed by atoms with Gasteiger partial charge in [0.25, 0.3) is 23.2 Å². The first-order chi connectivity index (χ1) is 18.0. The Kier molecular flexibility index (Phi) is 6.70. The van der Waals surface area contributed by atoms with Crippen molar-refractivity contribution in [1.29, 1.82) is 0 Å². The smallest absolute Gasteiger partial charge is 0.331 e. The molecule has 1 N–H and O–H groups in total. The maximum atomic E-state index is 13.1. The molecule has 2 aliphatic rings. The fraction of sp³-hybridized carbons (Fsp3) is 0.261. The van der Waals surface area contributed by atoms with Crippen LogP contribution < -0.4 is 0 Å². The van der Waals surface area contributed by atoms with Crippen LogP contribution in [0, 0.1) is 20.2 Å². The van der Waals surface area contributed by atoms with Crippen LogP contribution in [-0.4, -0.2) is 79.0 Å². The molecule has 0 unspecified atom stereocenters. The minimum Gasteiger partial charge on any atom is -0.459 e. The Bertz CT molecular complexity index is 1390. The van der Waals surface area contributed by atoms with Crippen molar-refractivity contribution in [3.63, 3.8) is 0 Å². The van der Waals surface area contributed by atoms with Crippen molar-refractivity contribution < 1.29 is 43.7 Å². The highest BCUT2D eigenvalue weighted by molar-refractivity contribution is 6.24. The zero-order chi connectivity index (χ0) is 27.9. The second-order valence-electron chi connectivity index (χ2n) is 8.50. The zero-order valence-electron chi connectivity index (χ0n) is 19.5. The third-order valence-electron chi connectivity index (χ3n) is 6.21. The van der Waals surface area contributed by atoms with E-state index < -0.39 is 63.5 Å². The Morgan fingerprint density at radius 2 is 1.61 bits per heavy atom. The summed E-state index contributed by atoms with van der Waals surface area (Å²) in [4.78, 5) is 85.2. The summed E-state index contributed by atoms with van der Waals surface area (Å²) in [6.45, 7) is 0.801. The first kappa shape index (κ1) is 26.0. The first-order valence-corrected chi connectivity index (χ1v) is 11.0. The minimum atomic E-state index is -1.68. The minimum absolute atomic E-state index is 0.185. The number of hydrogen-bond donors (Lipinski definition) is 1. The Morgan fingerprint density at radius 3 is 2.16 bits per heavy atom. The largest absolute Gasteiger partial charge is 0.459 e. The molecule has 1 fully saturated rings. The molecule has 15 heteroatoms. The molecule has 0 aromatic heterocycles. The van der Waals surface area contributed by atoms with Crippen molar-refractivity contribution in [2.24, 2.45) is 0 Å². The van der Waals surface area contributed by atoms with Gasteiger partial charge in [-0.1, -0.05) is 0 Å². The molecule has 15 nitrogen and oxygen atoms in total. The van der Waals surface area contributed by atoms with Crippen LogP contribution >= 0.6 is 0 Å². The van der Waals surface area contributed by atoms with E-state index in [4.69, 9.17) is 4.74 Å². The van der Waals surface area contributed by atoms with Gasteiger partial charge in [-0.2, -0.15) is 0 Å². The van der Waals surface area contributed by atoms with Gasteiger partial charge < -0.3 is 19.5 Å². The number of nitro groups is 2. The standard InChI is InChI=1S/C23H18N4O11/c1-11(29)18(23(33)38-10-12-2-4-13(5-3-12)26(34)35)24-17(9-28)19(22(24)32)25-20(30)15-7-6-14(27(36)37)8-16(15)21(25)31/h2-9,11,17-19,29H,10H2,1H3/t11-,17+,18+,19-/m0/s1. The maximum absolute atomic E-state index is 13.1. The normalized spacial score (nSPS) is 19.9. The molecular weight excluding hydrogens is 508 g/mol. The monoisotopic (exact) mass is 526 g/mol. The van der Waals surface area contributed by atoms with Crippen LogP contribution in [0.5, 0.6) is 0 Å². The molecule has 0 saturated carbocycles. The molecule has 2 aromatic carbocycles. The maximum Gasteiger partial charge on any atom is 0.331 e. The van der Waals surface area contributed by atoms with E-state index in [-0.39, 0.29) is 29.7 Å². The number of rotatable bonds is 9. The Labute approximate surface area is 212 Å². The van der Waals surface area contributed by atoms with Gasteiger partial charge in [0.05, 0.1) is 27.1 Å². The molecule has 4 rings (SSSR count). The van der Waals surface area contributed by atoms with Crippen LogP contribution in [0.25, 0.3) is 0 Å². The fourth-order valence-electron chi connectivity index (χ4n) is 4.35. The molecule has 3 amide bonds. The second kappa shape index (κ2) is 9.78. The Morgan fingerprint density at radius 1 is 1.03 bits per heavy atom. The van der Waals surface area contributed by atoms with Gasteiger partial charge in [-0.25, -0.2) is 4.79 Å². The molecule has 2 heterocycles. The number of aliphatic hydroxyl groups is 1. The summed E-state index contributed by atoms with van der Waals surface area (Å²) in [6.07, 6.45) is -1.30. The summed E-state index contributed by atoms with van der Waals surface area (Å²) in [5, 5.41) is 32.0. The molecule has 0 bridgehead atoms. The number of nitro benzene ring substituents is 2. The third kappa shape index (κ3) is 4.24. The number of aliphatic hydroxyl groups excluding tert-OH is 1. The van der Waals surface area contributed by atoms with Gasteiger partial charge >= 0.3 is 5.97 Å². The molecule has 38 heavy (non-hydrogen) atoms.